The van der Waals surface area contributed by atoms with Gasteiger partial charge in [0.2, 0.25) is 5.91 Å². The van der Waals surface area contributed by atoms with Gasteiger partial charge in [-0.2, -0.15) is 0 Å². The lowest BCUT2D eigenvalue weighted by atomic mass is 9.80. The highest BCUT2D eigenvalue weighted by molar-refractivity contribution is 5.78. The number of carbonyl (C=O) groups is 1. The summed E-state index contributed by atoms with van der Waals surface area (Å²) >= 11 is 0. The molecule has 2 fully saturated rings. The maximum Gasteiger partial charge on any atom is 0.254 e. The van der Waals surface area contributed by atoms with E-state index in [1.54, 1.807) is 0 Å². The van der Waals surface area contributed by atoms with Crippen LogP contribution >= 0.6 is 0 Å². The number of rotatable bonds is 2. The molecular weight excluding hydrogens is 304 g/mol. The minimum atomic E-state index is 0.00837. The first kappa shape index (κ1) is 15.8. The van der Waals surface area contributed by atoms with Crippen molar-refractivity contribution < 1.29 is 4.79 Å². The molecule has 4 rings (SSSR count). The van der Waals surface area contributed by atoms with Crippen molar-refractivity contribution in [2.75, 3.05) is 32.7 Å². The Morgan fingerprint density at radius 3 is 2.83 bits per heavy atom. The number of aryl methyl sites for hydroxylation is 1. The number of hydrogen-bond acceptors (Lipinski definition) is 4. The Hall–Kier alpha value is -1.69. The van der Waals surface area contributed by atoms with E-state index in [9.17, 15) is 9.59 Å². The first-order chi connectivity index (χ1) is 11.6. The minimum absolute atomic E-state index is 0.00837. The molecule has 3 aliphatic rings. The molecule has 3 heterocycles. The van der Waals surface area contributed by atoms with Crippen molar-refractivity contribution in [3.63, 3.8) is 0 Å². The average Bonchev–Trinajstić information content (AvgIpc) is 3.00. The zero-order valence-corrected chi connectivity index (χ0v) is 14.4. The highest BCUT2D eigenvalue weighted by Gasteiger charge is 2.41. The Morgan fingerprint density at radius 1 is 1.25 bits per heavy atom. The van der Waals surface area contributed by atoms with Crippen LogP contribution in [-0.2, 0) is 11.2 Å². The standard InChI is InChI=1S/C18H26N4O2/c1-12-19-17-14(18(24)20-12)6-5-13-9-22(10-15(13)17)16(23)11-21-7-3-2-4-8-21/h13,15H,2-11H2,1H3,(H,19,20,24)/t13-,15+/m1/s1. The second-order valence-corrected chi connectivity index (χ2v) is 7.56. The molecule has 2 aliphatic heterocycles. The van der Waals surface area contributed by atoms with E-state index in [1.165, 1.54) is 19.3 Å². The highest BCUT2D eigenvalue weighted by atomic mass is 16.2. The lowest BCUT2D eigenvalue weighted by molar-refractivity contribution is -0.131. The third kappa shape index (κ3) is 2.88. The van der Waals surface area contributed by atoms with Gasteiger partial charge in [0.15, 0.2) is 0 Å². The van der Waals surface area contributed by atoms with E-state index < -0.39 is 0 Å². The number of aromatic amines is 1. The number of H-pyrrole nitrogens is 1. The maximum absolute atomic E-state index is 12.7. The Balaban J connectivity index is 1.49. The number of hydrogen-bond donors (Lipinski definition) is 1. The van der Waals surface area contributed by atoms with Gasteiger partial charge in [0.1, 0.15) is 5.82 Å². The van der Waals surface area contributed by atoms with Gasteiger partial charge in [-0.3, -0.25) is 14.5 Å². The molecule has 130 valence electrons. The molecule has 0 saturated carbocycles. The largest absolute Gasteiger partial charge is 0.341 e. The summed E-state index contributed by atoms with van der Waals surface area (Å²) in [7, 11) is 0. The first-order valence-corrected chi connectivity index (χ1v) is 9.21. The fourth-order valence-corrected chi connectivity index (χ4v) is 4.60. The molecule has 6 nitrogen and oxygen atoms in total. The monoisotopic (exact) mass is 330 g/mol. The van der Waals surface area contributed by atoms with E-state index in [1.807, 2.05) is 11.8 Å². The van der Waals surface area contributed by atoms with Crippen molar-refractivity contribution in [2.24, 2.45) is 5.92 Å². The maximum atomic E-state index is 12.7. The number of piperidine rings is 1. The molecule has 0 unspecified atom stereocenters. The Bertz CT molecular complexity index is 693. The minimum Gasteiger partial charge on any atom is -0.341 e. The van der Waals surface area contributed by atoms with Crippen LogP contribution in [-0.4, -0.2) is 58.4 Å². The van der Waals surface area contributed by atoms with Crippen molar-refractivity contribution >= 4 is 5.91 Å². The Kier molecular flexibility index (Phi) is 4.16. The molecule has 0 spiro atoms. The smallest absolute Gasteiger partial charge is 0.254 e. The van der Waals surface area contributed by atoms with E-state index in [0.717, 1.165) is 50.3 Å². The SMILES string of the molecule is Cc1nc2c(c(=O)[nH]1)CC[C@@H]1CN(C(=O)CN3CCCCC3)C[C@H]21. The van der Waals surface area contributed by atoms with Crippen molar-refractivity contribution in [3.05, 3.63) is 27.4 Å². The van der Waals surface area contributed by atoms with Crippen LogP contribution < -0.4 is 5.56 Å². The molecule has 0 bridgehead atoms. The van der Waals surface area contributed by atoms with Crippen molar-refractivity contribution in [3.8, 4) is 0 Å². The molecule has 1 amide bonds. The van der Waals surface area contributed by atoms with Crippen LogP contribution in [0.25, 0.3) is 0 Å². The summed E-state index contributed by atoms with van der Waals surface area (Å²) in [4.78, 5) is 36.6. The van der Waals surface area contributed by atoms with Gasteiger partial charge < -0.3 is 9.88 Å². The van der Waals surface area contributed by atoms with E-state index in [-0.39, 0.29) is 17.4 Å². The number of carbonyl (C=O) groups excluding carboxylic acids is 1. The summed E-state index contributed by atoms with van der Waals surface area (Å²) in [6.07, 6.45) is 5.47. The summed E-state index contributed by atoms with van der Waals surface area (Å²) < 4.78 is 0. The molecular formula is C18H26N4O2. The molecule has 2 saturated heterocycles. The van der Waals surface area contributed by atoms with Crippen molar-refractivity contribution in [1.29, 1.82) is 0 Å². The fraction of sp³-hybridized carbons (Fsp3) is 0.722. The van der Waals surface area contributed by atoms with Gasteiger partial charge in [-0.15, -0.1) is 0 Å². The zero-order valence-electron chi connectivity index (χ0n) is 14.4. The second kappa shape index (κ2) is 6.31. The number of amides is 1. The van der Waals surface area contributed by atoms with Gasteiger partial charge in [-0.1, -0.05) is 6.42 Å². The second-order valence-electron chi connectivity index (χ2n) is 7.56. The van der Waals surface area contributed by atoms with Gasteiger partial charge in [0.25, 0.3) is 5.56 Å². The molecule has 24 heavy (non-hydrogen) atoms. The van der Waals surface area contributed by atoms with Crippen LogP contribution in [0.4, 0.5) is 0 Å². The van der Waals surface area contributed by atoms with Gasteiger partial charge in [-0.25, -0.2) is 4.98 Å². The average molecular weight is 330 g/mol. The topological polar surface area (TPSA) is 69.3 Å². The third-order valence-electron chi connectivity index (χ3n) is 5.88. The summed E-state index contributed by atoms with van der Waals surface area (Å²) in [6, 6.07) is 0. The van der Waals surface area contributed by atoms with E-state index in [0.29, 0.717) is 18.3 Å². The lowest BCUT2D eigenvalue weighted by Gasteiger charge is -2.28. The number of fused-ring (bicyclic) bond motifs is 3. The number of aromatic nitrogens is 2. The molecule has 1 aromatic rings. The Labute approximate surface area is 142 Å². The molecule has 2 atom stereocenters. The fourth-order valence-electron chi connectivity index (χ4n) is 4.60. The van der Waals surface area contributed by atoms with Crippen molar-refractivity contribution in [1.82, 2.24) is 19.8 Å². The predicted octanol–water partition coefficient (Wildman–Crippen LogP) is 1.05. The zero-order chi connectivity index (χ0) is 16.7. The van der Waals surface area contributed by atoms with E-state index in [2.05, 4.69) is 14.9 Å². The summed E-state index contributed by atoms with van der Waals surface area (Å²) in [5.74, 6) is 1.61. The van der Waals surface area contributed by atoms with Crippen LogP contribution in [0, 0.1) is 12.8 Å². The van der Waals surface area contributed by atoms with Crippen LogP contribution in [0.5, 0.6) is 0 Å². The number of likely N-dealkylation sites (tertiary alicyclic amines) is 2. The Morgan fingerprint density at radius 2 is 2.04 bits per heavy atom. The third-order valence-corrected chi connectivity index (χ3v) is 5.88. The molecule has 1 aromatic heterocycles. The molecule has 0 aromatic carbocycles. The lowest BCUT2D eigenvalue weighted by Crippen LogP contribution is -2.41. The van der Waals surface area contributed by atoms with E-state index >= 15 is 0 Å². The summed E-state index contributed by atoms with van der Waals surface area (Å²) in [6.45, 7) is 6.02. The molecule has 1 aliphatic carbocycles. The van der Waals surface area contributed by atoms with Crippen molar-refractivity contribution in [2.45, 2.75) is 44.9 Å². The van der Waals surface area contributed by atoms with Crippen LogP contribution in [0.3, 0.4) is 0 Å². The van der Waals surface area contributed by atoms with Crippen LogP contribution in [0.1, 0.15) is 48.7 Å². The van der Waals surface area contributed by atoms with Crippen LogP contribution in [0.15, 0.2) is 4.79 Å². The van der Waals surface area contributed by atoms with E-state index in [4.69, 9.17) is 0 Å². The summed E-state index contributed by atoms with van der Waals surface area (Å²) in [5, 5.41) is 0. The quantitative estimate of drug-likeness (QED) is 0.880. The number of nitrogens with one attached hydrogen (secondary N) is 1. The summed E-state index contributed by atoms with van der Waals surface area (Å²) in [5.41, 5.74) is 1.79. The molecule has 0 radical (unpaired) electrons. The predicted molar refractivity (Wildman–Crippen MR) is 91.0 cm³/mol. The normalized spacial score (nSPS) is 27.0. The van der Waals surface area contributed by atoms with Crippen LogP contribution in [0.2, 0.25) is 0 Å². The van der Waals surface area contributed by atoms with Gasteiger partial charge in [0.05, 0.1) is 12.2 Å². The molecule has 1 N–H and O–H groups in total. The van der Waals surface area contributed by atoms with Gasteiger partial charge >= 0.3 is 0 Å². The number of nitrogens with zero attached hydrogens (tertiary/aromatic N) is 3. The van der Waals surface area contributed by atoms with Gasteiger partial charge in [0, 0.05) is 24.6 Å². The molecule has 6 heteroatoms. The van der Waals surface area contributed by atoms with Gasteiger partial charge in [-0.05, 0) is 51.6 Å². The highest BCUT2D eigenvalue weighted by Crippen LogP contribution is 2.39. The first-order valence-electron chi connectivity index (χ1n) is 9.21.